The molecule has 2 rings (SSSR count). The minimum absolute atomic E-state index is 0.323. The van der Waals surface area contributed by atoms with Crippen LogP contribution in [0, 0.1) is 0 Å². The molecule has 0 aromatic heterocycles. The minimum atomic E-state index is -3.27. The van der Waals surface area contributed by atoms with Crippen molar-refractivity contribution in [2.75, 3.05) is 24.5 Å². The van der Waals surface area contributed by atoms with Crippen LogP contribution < -0.4 is 4.90 Å². The Hall–Kier alpha value is -1.66. The van der Waals surface area contributed by atoms with Gasteiger partial charge in [0.05, 0.1) is 10.6 Å². The highest BCUT2D eigenvalue weighted by Crippen LogP contribution is 2.25. The zero-order valence-electron chi connectivity index (χ0n) is 12.8. The molecular formula is C16H19NO3S2. The van der Waals surface area contributed by atoms with Gasteiger partial charge in [0.15, 0.2) is 9.84 Å². The van der Waals surface area contributed by atoms with Crippen molar-refractivity contribution >= 4 is 26.3 Å². The van der Waals surface area contributed by atoms with Crippen molar-refractivity contribution in [3.05, 3.63) is 54.1 Å². The normalized spacial score (nSPS) is 12.9. The average molecular weight is 337 g/mol. The molecule has 118 valence electrons. The lowest BCUT2D eigenvalue weighted by atomic mass is 10.2. The maximum absolute atomic E-state index is 11.9. The highest BCUT2D eigenvalue weighted by atomic mass is 32.2. The van der Waals surface area contributed by atoms with Crippen LogP contribution in [0.1, 0.15) is 5.56 Å². The molecule has 0 N–H and O–H groups in total. The van der Waals surface area contributed by atoms with Crippen molar-refractivity contribution in [3.8, 4) is 0 Å². The van der Waals surface area contributed by atoms with Crippen LogP contribution >= 0.6 is 0 Å². The highest BCUT2D eigenvalue weighted by Gasteiger charge is 2.15. The van der Waals surface area contributed by atoms with Gasteiger partial charge in [-0.25, -0.2) is 8.42 Å². The lowest BCUT2D eigenvalue weighted by molar-refractivity contribution is 0.601. The van der Waals surface area contributed by atoms with E-state index >= 15 is 0 Å². The highest BCUT2D eigenvalue weighted by molar-refractivity contribution is 7.90. The summed E-state index contributed by atoms with van der Waals surface area (Å²) in [7, 11) is -2.41. The Kier molecular flexibility index (Phi) is 5.03. The van der Waals surface area contributed by atoms with E-state index in [4.69, 9.17) is 0 Å². The van der Waals surface area contributed by atoms with Gasteiger partial charge in [0, 0.05) is 41.8 Å². The van der Waals surface area contributed by atoms with Gasteiger partial charge in [-0.05, 0) is 29.8 Å². The van der Waals surface area contributed by atoms with Crippen LogP contribution in [0.4, 0.5) is 5.69 Å². The molecule has 2 aromatic rings. The Balaban J connectivity index is 2.26. The van der Waals surface area contributed by atoms with Crippen molar-refractivity contribution in [3.63, 3.8) is 0 Å². The second-order valence-corrected chi connectivity index (χ2v) is 8.56. The van der Waals surface area contributed by atoms with Crippen LogP contribution in [0.15, 0.2) is 58.3 Å². The Labute approximate surface area is 134 Å². The van der Waals surface area contributed by atoms with E-state index in [0.29, 0.717) is 17.1 Å². The zero-order chi connectivity index (χ0) is 16.3. The molecule has 0 saturated heterocycles. The van der Waals surface area contributed by atoms with Gasteiger partial charge in [0.25, 0.3) is 0 Å². The Morgan fingerprint density at radius 3 is 2.18 bits per heavy atom. The molecule has 0 saturated carbocycles. The monoisotopic (exact) mass is 337 g/mol. The van der Waals surface area contributed by atoms with Crippen LogP contribution in [0.25, 0.3) is 0 Å². The number of benzene rings is 2. The van der Waals surface area contributed by atoms with Crippen LogP contribution in [-0.2, 0) is 27.2 Å². The third-order valence-corrected chi connectivity index (χ3v) is 5.43. The molecule has 0 spiro atoms. The molecule has 0 aliphatic rings. The molecule has 6 heteroatoms. The maximum atomic E-state index is 11.9. The van der Waals surface area contributed by atoms with Crippen molar-refractivity contribution in [1.82, 2.24) is 0 Å². The van der Waals surface area contributed by atoms with Crippen LogP contribution in [-0.4, -0.2) is 32.2 Å². The summed E-state index contributed by atoms with van der Waals surface area (Å²) in [6.07, 6.45) is 2.86. The van der Waals surface area contributed by atoms with E-state index in [9.17, 15) is 12.6 Å². The summed E-state index contributed by atoms with van der Waals surface area (Å²) in [6.45, 7) is 0.573. The fraction of sp³-hybridized carbons (Fsp3) is 0.250. The van der Waals surface area contributed by atoms with Crippen LogP contribution in [0.5, 0.6) is 0 Å². The van der Waals surface area contributed by atoms with Crippen LogP contribution in [0.3, 0.4) is 0 Å². The molecule has 0 fully saturated rings. The Morgan fingerprint density at radius 1 is 1.05 bits per heavy atom. The first-order valence-electron chi connectivity index (χ1n) is 6.71. The average Bonchev–Trinajstić information content (AvgIpc) is 2.47. The van der Waals surface area contributed by atoms with E-state index in [1.165, 1.54) is 6.26 Å². The molecule has 0 radical (unpaired) electrons. The first kappa shape index (κ1) is 16.7. The summed E-state index contributed by atoms with van der Waals surface area (Å²) in [5, 5.41) is 0. The maximum Gasteiger partial charge on any atom is 0.177 e. The van der Waals surface area contributed by atoms with E-state index in [-0.39, 0.29) is 0 Å². The lowest BCUT2D eigenvalue weighted by Gasteiger charge is -2.22. The van der Waals surface area contributed by atoms with Gasteiger partial charge in [-0.1, -0.05) is 24.3 Å². The largest absolute Gasteiger partial charge is 0.369 e. The molecular weight excluding hydrogens is 318 g/mol. The van der Waals surface area contributed by atoms with Crippen molar-refractivity contribution < 1.29 is 12.6 Å². The summed E-state index contributed by atoms with van der Waals surface area (Å²) in [6, 6.07) is 14.5. The number of nitrogens with zero attached hydrogens (tertiary/aromatic N) is 1. The van der Waals surface area contributed by atoms with Gasteiger partial charge >= 0.3 is 0 Å². The molecule has 4 nitrogen and oxygen atoms in total. The molecule has 2 aromatic carbocycles. The first-order valence-corrected chi connectivity index (χ1v) is 10.2. The second-order valence-electron chi connectivity index (χ2n) is 5.19. The van der Waals surface area contributed by atoms with E-state index < -0.39 is 20.6 Å². The molecule has 0 heterocycles. The van der Waals surface area contributed by atoms with Gasteiger partial charge < -0.3 is 4.90 Å². The summed E-state index contributed by atoms with van der Waals surface area (Å²) >= 11 is 0. The minimum Gasteiger partial charge on any atom is -0.369 e. The Morgan fingerprint density at radius 2 is 1.64 bits per heavy atom. The van der Waals surface area contributed by atoms with Crippen molar-refractivity contribution in [2.45, 2.75) is 16.3 Å². The summed E-state index contributed by atoms with van der Waals surface area (Å²) < 4.78 is 35.1. The zero-order valence-corrected chi connectivity index (χ0v) is 14.4. The van der Waals surface area contributed by atoms with Gasteiger partial charge in [0.2, 0.25) is 0 Å². The molecule has 22 heavy (non-hydrogen) atoms. The van der Waals surface area contributed by atoms with E-state index in [2.05, 4.69) is 0 Å². The molecule has 0 amide bonds. The van der Waals surface area contributed by atoms with Gasteiger partial charge in [-0.15, -0.1) is 0 Å². The third-order valence-electron chi connectivity index (χ3n) is 3.35. The third kappa shape index (κ3) is 3.96. The first-order chi connectivity index (χ1) is 10.3. The molecule has 1 atom stereocenters. The topological polar surface area (TPSA) is 54.5 Å². The van der Waals surface area contributed by atoms with E-state index in [1.807, 2.05) is 42.3 Å². The standard InChI is InChI=1S/C16H19NO3S2/c1-17(12-13-8-10-14(11-9-13)21(2)18)15-6-4-5-7-16(15)22(3,19)20/h4-11H,12H2,1-3H3/t21-/m1/s1. The van der Waals surface area contributed by atoms with Crippen molar-refractivity contribution in [2.24, 2.45) is 0 Å². The quantitative estimate of drug-likeness (QED) is 0.841. The molecule has 0 unspecified atom stereocenters. The predicted octanol–water partition coefficient (Wildman–Crippen LogP) is 2.46. The number of sulfone groups is 1. The number of para-hydroxylation sites is 1. The molecule has 0 aliphatic carbocycles. The van der Waals surface area contributed by atoms with Gasteiger partial charge in [-0.2, -0.15) is 0 Å². The summed E-state index contributed by atoms with van der Waals surface area (Å²) in [5.41, 5.74) is 1.70. The lowest BCUT2D eigenvalue weighted by Crippen LogP contribution is -2.19. The summed E-state index contributed by atoms with van der Waals surface area (Å²) in [5.74, 6) is 0. The Bertz CT molecular complexity index is 783. The number of hydrogen-bond donors (Lipinski definition) is 0. The number of hydrogen-bond acceptors (Lipinski definition) is 4. The molecule has 0 bridgehead atoms. The SMILES string of the molecule is CN(Cc1ccc([S@@](C)=O)cc1)c1ccccc1S(C)(=O)=O. The summed E-state index contributed by atoms with van der Waals surface area (Å²) in [4.78, 5) is 3.00. The van der Waals surface area contributed by atoms with E-state index in [1.54, 1.807) is 24.5 Å². The fourth-order valence-electron chi connectivity index (χ4n) is 2.23. The number of anilines is 1. The van der Waals surface area contributed by atoms with Crippen molar-refractivity contribution in [1.29, 1.82) is 0 Å². The second kappa shape index (κ2) is 6.62. The van der Waals surface area contributed by atoms with Gasteiger partial charge in [-0.3, -0.25) is 4.21 Å². The van der Waals surface area contributed by atoms with Crippen LogP contribution in [0.2, 0.25) is 0 Å². The smallest absolute Gasteiger partial charge is 0.177 e. The van der Waals surface area contributed by atoms with Gasteiger partial charge in [0.1, 0.15) is 0 Å². The van der Waals surface area contributed by atoms with E-state index in [0.717, 1.165) is 10.5 Å². The predicted molar refractivity (Wildman–Crippen MR) is 90.4 cm³/mol. The fourth-order valence-corrected chi connectivity index (χ4v) is 3.68. The molecule has 0 aliphatic heterocycles. The number of rotatable bonds is 5.